The number of benzene rings is 1. The number of aliphatic hydroxyl groups excluding tert-OH is 1. The van der Waals surface area contributed by atoms with Crippen molar-refractivity contribution in [2.75, 3.05) is 6.61 Å². The van der Waals surface area contributed by atoms with Gasteiger partial charge in [0.05, 0.1) is 0 Å². The minimum atomic E-state index is -0.227. The lowest BCUT2D eigenvalue weighted by molar-refractivity contribution is 0.302. The van der Waals surface area contributed by atoms with Crippen LogP contribution in [0.3, 0.4) is 0 Å². The second-order valence-corrected chi connectivity index (χ2v) is 4.00. The third-order valence-corrected chi connectivity index (χ3v) is 1.91. The van der Waals surface area contributed by atoms with Gasteiger partial charge in [-0.05, 0) is 37.1 Å². The number of halogens is 3. The van der Waals surface area contributed by atoms with E-state index in [1.807, 2.05) is 0 Å². The summed E-state index contributed by atoms with van der Waals surface area (Å²) in [6.45, 7) is 1.97. The molecule has 0 amide bonds. The Bertz CT molecular complexity index is 354. The van der Waals surface area contributed by atoms with Crippen molar-refractivity contribution in [2.24, 2.45) is 0 Å². The molecule has 0 saturated heterocycles. The molecule has 0 fully saturated rings. The van der Waals surface area contributed by atoms with E-state index in [2.05, 4.69) is 0 Å². The normalized spacial score (nSPS) is 11.2. The lowest BCUT2D eigenvalue weighted by Crippen LogP contribution is -1.74. The first-order valence-electron chi connectivity index (χ1n) is 5.05. The molecule has 0 aliphatic carbocycles. The van der Waals surface area contributed by atoms with Crippen molar-refractivity contribution < 1.29 is 9.50 Å². The number of rotatable bonds is 3. The molecule has 0 aromatic heterocycles. The van der Waals surface area contributed by atoms with Crippen molar-refractivity contribution in [1.29, 1.82) is 0 Å². The highest BCUT2D eigenvalue weighted by Crippen LogP contribution is 2.09. The van der Waals surface area contributed by atoms with Crippen LogP contribution in [0.25, 0.3) is 6.08 Å². The molecule has 0 spiro atoms. The van der Waals surface area contributed by atoms with Crippen molar-refractivity contribution >= 4 is 29.3 Å². The molecule has 0 heterocycles. The topological polar surface area (TPSA) is 20.2 Å². The zero-order chi connectivity index (χ0) is 13.1. The van der Waals surface area contributed by atoms with Crippen molar-refractivity contribution in [3.8, 4) is 0 Å². The Balaban J connectivity index is 0.000000366. The lowest BCUT2D eigenvalue weighted by atomic mass is 10.2. The van der Waals surface area contributed by atoms with E-state index in [9.17, 15) is 4.39 Å². The predicted molar refractivity (Wildman–Crippen MR) is 72.6 cm³/mol. The monoisotopic (exact) mass is 276 g/mol. The smallest absolute Gasteiger partial charge is 0.123 e. The fourth-order valence-corrected chi connectivity index (χ4v) is 1.18. The number of aliphatic hydroxyl groups is 1. The van der Waals surface area contributed by atoms with E-state index in [4.69, 9.17) is 28.3 Å². The third kappa shape index (κ3) is 10.1. The van der Waals surface area contributed by atoms with Gasteiger partial charge in [-0.3, -0.25) is 0 Å². The van der Waals surface area contributed by atoms with Crippen LogP contribution >= 0.6 is 23.2 Å². The molecular weight excluding hydrogens is 262 g/mol. The van der Waals surface area contributed by atoms with E-state index in [1.54, 1.807) is 31.2 Å². The second kappa shape index (κ2) is 10.3. The minimum Gasteiger partial charge on any atom is -0.396 e. The summed E-state index contributed by atoms with van der Waals surface area (Å²) in [6, 6.07) is 6.18. The predicted octanol–water partition coefficient (Wildman–Crippen LogP) is 4.55. The molecule has 1 N–H and O–H groups in total. The Morgan fingerprint density at radius 3 is 2.29 bits per heavy atom. The molecule has 1 rings (SSSR count). The SMILES string of the molecule is C/C(Cl)=C/c1ccc(F)cc1.OCC/C=C/Cl. The number of hydrogen-bond donors (Lipinski definition) is 1. The van der Waals surface area contributed by atoms with Crippen LogP contribution in [0.5, 0.6) is 0 Å². The maximum absolute atomic E-state index is 12.4. The van der Waals surface area contributed by atoms with Gasteiger partial charge in [0.2, 0.25) is 0 Å². The van der Waals surface area contributed by atoms with Crippen molar-refractivity contribution in [1.82, 2.24) is 0 Å². The molecule has 0 aliphatic heterocycles. The molecule has 0 bridgehead atoms. The van der Waals surface area contributed by atoms with Gasteiger partial charge in [-0.15, -0.1) is 0 Å². The second-order valence-electron chi connectivity index (χ2n) is 3.16. The van der Waals surface area contributed by atoms with E-state index < -0.39 is 0 Å². The summed E-state index contributed by atoms with van der Waals surface area (Å²) in [5, 5.41) is 8.78. The first kappa shape index (κ1) is 16.2. The van der Waals surface area contributed by atoms with Crippen LogP contribution < -0.4 is 0 Å². The summed E-state index contributed by atoms with van der Waals surface area (Å²) in [4.78, 5) is 0. The first-order valence-corrected chi connectivity index (χ1v) is 5.87. The molecule has 0 atom stereocenters. The summed E-state index contributed by atoms with van der Waals surface area (Å²) in [7, 11) is 0. The van der Waals surface area contributed by atoms with Gasteiger partial charge in [-0.25, -0.2) is 4.39 Å². The molecule has 17 heavy (non-hydrogen) atoms. The Labute approximate surface area is 111 Å². The average molecular weight is 277 g/mol. The van der Waals surface area contributed by atoms with Gasteiger partial charge < -0.3 is 5.11 Å². The molecule has 1 nitrogen and oxygen atoms in total. The molecule has 0 unspecified atom stereocenters. The highest BCUT2D eigenvalue weighted by molar-refractivity contribution is 6.31. The number of allylic oxidation sites excluding steroid dienone is 1. The fourth-order valence-electron chi connectivity index (χ4n) is 0.926. The highest BCUT2D eigenvalue weighted by Gasteiger charge is 1.89. The van der Waals surface area contributed by atoms with Gasteiger partial charge in [-0.2, -0.15) is 0 Å². The Hall–Kier alpha value is -0.830. The molecule has 1 aromatic carbocycles. The van der Waals surface area contributed by atoms with Gasteiger partial charge >= 0.3 is 0 Å². The van der Waals surface area contributed by atoms with Crippen LogP contribution in [0.15, 0.2) is 40.9 Å². The third-order valence-electron chi connectivity index (χ3n) is 1.62. The molecule has 4 heteroatoms. The molecule has 94 valence electrons. The van der Waals surface area contributed by atoms with Crippen LogP contribution in [0, 0.1) is 5.82 Å². The minimum absolute atomic E-state index is 0.184. The van der Waals surface area contributed by atoms with Crippen molar-refractivity contribution in [3.63, 3.8) is 0 Å². The Morgan fingerprint density at radius 1 is 1.35 bits per heavy atom. The number of hydrogen-bond acceptors (Lipinski definition) is 1. The zero-order valence-electron chi connectivity index (χ0n) is 9.54. The summed E-state index contributed by atoms with van der Waals surface area (Å²) < 4.78 is 12.4. The van der Waals surface area contributed by atoms with Crippen LogP contribution in [0.2, 0.25) is 0 Å². The Kier molecular flexibility index (Phi) is 9.83. The van der Waals surface area contributed by atoms with Gasteiger partial charge in [-0.1, -0.05) is 41.4 Å². The molecule has 1 aromatic rings. The highest BCUT2D eigenvalue weighted by atomic mass is 35.5. The Morgan fingerprint density at radius 2 is 1.94 bits per heavy atom. The average Bonchev–Trinajstić information content (AvgIpc) is 2.30. The van der Waals surface area contributed by atoms with E-state index in [1.165, 1.54) is 17.7 Å². The van der Waals surface area contributed by atoms with Crippen LogP contribution in [0.4, 0.5) is 4.39 Å². The molecule has 0 radical (unpaired) electrons. The summed E-state index contributed by atoms with van der Waals surface area (Å²) in [5.74, 6) is -0.227. The van der Waals surface area contributed by atoms with Crippen molar-refractivity contribution in [2.45, 2.75) is 13.3 Å². The van der Waals surface area contributed by atoms with Crippen LogP contribution in [-0.2, 0) is 0 Å². The first-order chi connectivity index (χ1) is 8.10. The zero-order valence-corrected chi connectivity index (χ0v) is 11.0. The van der Waals surface area contributed by atoms with Gasteiger partial charge in [0.25, 0.3) is 0 Å². The molecule has 0 saturated carbocycles. The van der Waals surface area contributed by atoms with E-state index >= 15 is 0 Å². The summed E-state index contributed by atoms with van der Waals surface area (Å²) in [5.41, 5.74) is 2.31. The van der Waals surface area contributed by atoms with Gasteiger partial charge in [0.1, 0.15) is 5.82 Å². The van der Waals surface area contributed by atoms with Crippen LogP contribution in [-0.4, -0.2) is 11.7 Å². The van der Waals surface area contributed by atoms with Gasteiger partial charge in [0, 0.05) is 17.2 Å². The maximum Gasteiger partial charge on any atom is 0.123 e. The van der Waals surface area contributed by atoms with Gasteiger partial charge in [0.15, 0.2) is 0 Å². The summed E-state index contributed by atoms with van der Waals surface area (Å²) in [6.07, 6.45) is 4.13. The molecule has 0 aliphatic rings. The van der Waals surface area contributed by atoms with E-state index in [0.717, 1.165) is 5.56 Å². The van der Waals surface area contributed by atoms with E-state index in [0.29, 0.717) is 11.5 Å². The van der Waals surface area contributed by atoms with Crippen molar-refractivity contribution in [3.05, 3.63) is 52.3 Å². The fraction of sp³-hybridized carbons (Fsp3) is 0.231. The maximum atomic E-state index is 12.4. The van der Waals surface area contributed by atoms with E-state index in [-0.39, 0.29) is 12.4 Å². The van der Waals surface area contributed by atoms with Crippen LogP contribution in [0.1, 0.15) is 18.9 Å². The largest absolute Gasteiger partial charge is 0.396 e. The molecular formula is C13H15Cl2FO. The quantitative estimate of drug-likeness (QED) is 0.859. The lowest BCUT2D eigenvalue weighted by Gasteiger charge is -1.92. The summed E-state index contributed by atoms with van der Waals surface area (Å²) >= 11 is 10.7. The standard InChI is InChI=1S/C9H8ClF.C4H7ClO/c1-7(10)6-8-2-4-9(11)5-3-8;5-3-1-2-4-6/h2-6H,1H3;1,3,6H,2,4H2/b7-6-;3-1+.